The Morgan fingerprint density at radius 1 is 1.30 bits per heavy atom. The zero-order valence-corrected chi connectivity index (χ0v) is 16.3. The number of halogens is 1. The Hall–Kier alpha value is -2.78. The second-order valence-electron chi connectivity index (χ2n) is 5.90. The van der Waals surface area contributed by atoms with E-state index in [2.05, 4.69) is 36.4 Å². The van der Waals surface area contributed by atoms with Crippen molar-refractivity contribution in [3.05, 3.63) is 57.0 Å². The molecule has 2 aromatic heterocycles. The fraction of sp³-hybridized carbons (Fsp3) is 0.222. The van der Waals surface area contributed by atoms with Crippen LogP contribution in [0.15, 0.2) is 33.2 Å². The molecule has 0 unspecified atom stereocenters. The maximum Gasteiger partial charge on any atom is 0.264 e. The Morgan fingerprint density at radius 2 is 2.07 bits per heavy atom. The summed E-state index contributed by atoms with van der Waals surface area (Å²) in [6, 6.07) is 7.19. The lowest BCUT2D eigenvalue weighted by Gasteiger charge is -2.03. The van der Waals surface area contributed by atoms with Gasteiger partial charge in [-0.05, 0) is 31.5 Å². The minimum Gasteiger partial charge on any atom is -0.417 e. The van der Waals surface area contributed by atoms with Gasteiger partial charge in [-0.3, -0.25) is 9.59 Å². The fourth-order valence-electron chi connectivity index (χ4n) is 2.73. The Labute approximate surface area is 163 Å². The van der Waals surface area contributed by atoms with Crippen molar-refractivity contribution in [1.29, 1.82) is 0 Å². The van der Waals surface area contributed by atoms with Crippen molar-refractivity contribution < 1.29 is 19.1 Å². The third-order valence-electron chi connectivity index (χ3n) is 4.01. The second-order valence-corrected chi connectivity index (χ2v) is 6.82. The Balaban J connectivity index is 1.89. The average molecular weight is 433 g/mol. The summed E-state index contributed by atoms with van der Waals surface area (Å²) in [4.78, 5) is 27.1. The largest absolute Gasteiger partial charge is 0.417 e. The summed E-state index contributed by atoms with van der Waals surface area (Å²) in [6.45, 7) is 3.01. The van der Waals surface area contributed by atoms with E-state index in [-0.39, 0.29) is 24.1 Å². The molecule has 0 fully saturated rings. The SMILES string of the molecule is Cc1[nH]c(-c2nnc(CNC(=O)CO)o2)c(C)c1C(=O)c1cccc(Br)c1. The van der Waals surface area contributed by atoms with Crippen LogP contribution in [0.4, 0.5) is 0 Å². The van der Waals surface area contributed by atoms with E-state index in [4.69, 9.17) is 9.52 Å². The highest BCUT2D eigenvalue weighted by Crippen LogP contribution is 2.29. The third kappa shape index (κ3) is 3.99. The van der Waals surface area contributed by atoms with E-state index in [9.17, 15) is 9.59 Å². The van der Waals surface area contributed by atoms with Gasteiger partial charge in [-0.1, -0.05) is 28.1 Å². The number of aryl methyl sites for hydroxylation is 1. The van der Waals surface area contributed by atoms with Crippen molar-refractivity contribution in [2.45, 2.75) is 20.4 Å². The number of carbonyl (C=O) groups is 2. The number of H-pyrrole nitrogens is 1. The number of benzene rings is 1. The molecule has 0 bridgehead atoms. The molecule has 3 rings (SSSR count). The first-order valence-electron chi connectivity index (χ1n) is 8.10. The van der Waals surface area contributed by atoms with E-state index in [1.165, 1.54) is 0 Å². The van der Waals surface area contributed by atoms with Gasteiger partial charge in [0.1, 0.15) is 12.3 Å². The van der Waals surface area contributed by atoms with Crippen LogP contribution in [0.3, 0.4) is 0 Å². The van der Waals surface area contributed by atoms with Gasteiger partial charge in [0.15, 0.2) is 5.78 Å². The number of carbonyl (C=O) groups excluding carboxylic acids is 2. The van der Waals surface area contributed by atoms with E-state index in [0.717, 1.165) is 4.47 Å². The first-order valence-corrected chi connectivity index (χ1v) is 8.89. The number of amides is 1. The molecule has 140 valence electrons. The highest BCUT2D eigenvalue weighted by atomic mass is 79.9. The normalized spacial score (nSPS) is 10.8. The zero-order chi connectivity index (χ0) is 19.6. The molecule has 0 saturated heterocycles. The number of rotatable bonds is 6. The number of aromatic amines is 1. The number of hydrogen-bond acceptors (Lipinski definition) is 6. The lowest BCUT2D eigenvalue weighted by molar-refractivity contribution is -0.124. The summed E-state index contributed by atoms with van der Waals surface area (Å²) < 4.78 is 6.37. The van der Waals surface area contributed by atoms with Crippen molar-refractivity contribution in [1.82, 2.24) is 20.5 Å². The fourth-order valence-corrected chi connectivity index (χ4v) is 3.13. The number of aromatic nitrogens is 3. The second kappa shape index (κ2) is 7.85. The van der Waals surface area contributed by atoms with E-state index in [1.807, 2.05) is 13.0 Å². The van der Waals surface area contributed by atoms with Crippen molar-refractivity contribution >= 4 is 27.6 Å². The summed E-state index contributed by atoms with van der Waals surface area (Å²) in [5.74, 6) is -0.234. The number of aliphatic hydroxyl groups is 1. The number of nitrogens with zero attached hydrogens (tertiary/aromatic N) is 2. The van der Waals surface area contributed by atoms with E-state index < -0.39 is 12.5 Å². The number of nitrogens with one attached hydrogen (secondary N) is 2. The van der Waals surface area contributed by atoms with Gasteiger partial charge in [-0.25, -0.2) is 0 Å². The van der Waals surface area contributed by atoms with Crippen molar-refractivity contribution in [3.63, 3.8) is 0 Å². The molecule has 1 amide bonds. The highest BCUT2D eigenvalue weighted by Gasteiger charge is 2.23. The number of ketones is 1. The molecule has 0 saturated carbocycles. The molecule has 3 N–H and O–H groups in total. The summed E-state index contributed by atoms with van der Waals surface area (Å²) >= 11 is 3.38. The first-order chi connectivity index (χ1) is 12.9. The minimum absolute atomic E-state index is 0.00889. The average Bonchev–Trinajstić information content (AvgIpc) is 3.23. The van der Waals surface area contributed by atoms with Gasteiger partial charge in [0.2, 0.25) is 11.8 Å². The van der Waals surface area contributed by atoms with Gasteiger partial charge in [-0.2, -0.15) is 0 Å². The number of hydrogen-bond donors (Lipinski definition) is 3. The van der Waals surface area contributed by atoms with Gasteiger partial charge in [0.05, 0.1) is 6.54 Å². The highest BCUT2D eigenvalue weighted by molar-refractivity contribution is 9.10. The minimum atomic E-state index is -0.614. The standard InChI is InChI=1S/C18H17BrN4O4/c1-9-15(17(26)11-4-3-5-12(19)6-11)10(2)21-16(9)18-23-22-14(27-18)7-20-13(25)8-24/h3-6,21,24H,7-8H2,1-2H3,(H,20,25). The van der Waals surface area contributed by atoms with Crippen LogP contribution in [0.2, 0.25) is 0 Å². The summed E-state index contributed by atoms with van der Waals surface area (Å²) in [7, 11) is 0. The summed E-state index contributed by atoms with van der Waals surface area (Å²) in [5.41, 5.74) is 3.07. The van der Waals surface area contributed by atoms with E-state index in [0.29, 0.717) is 28.1 Å². The van der Waals surface area contributed by atoms with Crippen LogP contribution in [0, 0.1) is 13.8 Å². The Morgan fingerprint density at radius 3 is 2.78 bits per heavy atom. The first kappa shape index (κ1) is 19.0. The van der Waals surface area contributed by atoms with Gasteiger partial charge in [0.25, 0.3) is 5.89 Å². The molecule has 0 atom stereocenters. The molecule has 27 heavy (non-hydrogen) atoms. The van der Waals surface area contributed by atoms with Crippen LogP contribution in [0.1, 0.15) is 33.1 Å². The van der Waals surface area contributed by atoms with Crippen LogP contribution in [-0.4, -0.2) is 38.6 Å². The topological polar surface area (TPSA) is 121 Å². The molecule has 8 nitrogen and oxygen atoms in total. The van der Waals surface area contributed by atoms with Gasteiger partial charge in [-0.15, -0.1) is 10.2 Å². The molecule has 9 heteroatoms. The van der Waals surface area contributed by atoms with Crippen molar-refractivity contribution in [3.8, 4) is 11.6 Å². The van der Waals surface area contributed by atoms with Gasteiger partial charge in [0, 0.05) is 21.3 Å². The van der Waals surface area contributed by atoms with Gasteiger partial charge < -0.3 is 19.8 Å². The van der Waals surface area contributed by atoms with Crippen LogP contribution in [-0.2, 0) is 11.3 Å². The molecule has 0 radical (unpaired) electrons. The smallest absolute Gasteiger partial charge is 0.264 e. The van der Waals surface area contributed by atoms with Crippen LogP contribution in [0.25, 0.3) is 11.6 Å². The predicted molar refractivity (Wildman–Crippen MR) is 100 cm³/mol. The zero-order valence-electron chi connectivity index (χ0n) is 14.7. The predicted octanol–water partition coefficient (Wildman–Crippen LogP) is 2.28. The van der Waals surface area contributed by atoms with E-state index in [1.54, 1.807) is 25.1 Å². The quantitative estimate of drug-likeness (QED) is 0.513. The summed E-state index contributed by atoms with van der Waals surface area (Å²) in [5, 5.41) is 19.0. The monoisotopic (exact) mass is 432 g/mol. The Kier molecular flexibility index (Phi) is 5.52. The molecule has 2 heterocycles. The molecule has 0 spiro atoms. The van der Waals surface area contributed by atoms with E-state index >= 15 is 0 Å². The molecule has 1 aromatic carbocycles. The van der Waals surface area contributed by atoms with Crippen molar-refractivity contribution in [2.24, 2.45) is 0 Å². The Bertz CT molecular complexity index is 1010. The third-order valence-corrected chi connectivity index (χ3v) is 4.51. The van der Waals surface area contributed by atoms with Crippen LogP contribution < -0.4 is 5.32 Å². The van der Waals surface area contributed by atoms with Crippen LogP contribution in [0.5, 0.6) is 0 Å². The molecule has 0 aliphatic rings. The maximum absolute atomic E-state index is 12.9. The molecule has 0 aliphatic heterocycles. The lowest BCUT2D eigenvalue weighted by Crippen LogP contribution is -2.25. The molecule has 3 aromatic rings. The molecular formula is C18H17BrN4O4. The summed E-state index contributed by atoms with van der Waals surface area (Å²) in [6.07, 6.45) is 0. The lowest BCUT2D eigenvalue weighted by atomic mass is 10.00. The van der Waals surface area contributed by atoms with Crippen LogP contribution >= 0.6 is 15.9 Å². The van der Waals surface area contributed by atoms with Gasteiger partial charge >= 0.3 is 0 Å². The molecule has 0 aliphatic carbocycles. The maximum atomic E-state index is 12.9. The number of aliphatic hydroxyl groups excluding tert-OH is 1. The molecular weight excluding hydrogens is 416 g/mol. The van der Waals surface area contributed by atoms with Crippen molar-refractivity contribution in [2.75, 3.05) is 6.61 Å².